The fourth-order valence-electron chi connectivity index (χ4n) is 2.18. The fourth-order valence-corrected chi connectivity index (χ4v) is 2.18. The standard InChI is InChI=1S/C15H25N5O2/c1-2-3-6-16-14-5-4-13(18-19-14)15(21)17-7-8-20-9-11-22-12-10-20/h4-5H,2-3,6-12H2,1H3,(H,16,19)(H,17,21). The number of nitrogens with zero attached hydrogens (tertiary/aromatic N) is 3. The molecule has 22 heavy (non-hydrogen) atoms. The molecule has 2 N–H and O–H groups in total. The summed E-state index contributed by atoms with van der Waals surface area (Å²) in [6, 6.07) is 3.49. The maximum Gasteiger partial charge on any atom is 0.271 e. The Bertz CT molecular complexity index is 446. The fraction of sp³-hybridized carbons (Fsp3) is 0.667. The normalized spacial score (nSPS) is 15.5. The Morgan fingerprint density at radius 3 is 2.77 bits per heavy atom. The zero-order valence-corrected chi connectivity index (χ0v) is 13.2. The molecular weight excluding hydrogens is 282 g/mol. The van der Waals surface area contributed by atoms with Gasteiger partial charge in [0.2, 0.25) is 0 Å². The number of anilines is 1. The van der Waals surface area contributed by atoms with Gasteiger partial charge in [-0.3, -0.25) is 9.69 Å². The van der Waals surface area contributed by atoms with Gasteiger partial charge in [-0.25, -0.2) is 0 Å². The van der Waals surface area contributed by atoms with E-state index in [-0.39, 0.29) is 5.91 Å². The van der Waals surface area contributed by atoms with Crippen LogP contribution in [0.2, 0.25) is 0 Å². The summed E-state index contributed by atoms with van der Waals surface area (Å²) < 4.78 is 5.29. The lowest BCUT2D eigenvalue weighted by molar-refractivity contribution is 0.0383. The lowest BCUT2D eigenvalue weighted by Crippen LogP contribution is -2.41. The summed E-state index contributed by atoms with van der Waals surface area (Å²) in [6.07, 6.45) is 2.22. The third-order valence-electron chi connectivity index (χ3n) is 3.55. The maximum absolute atomic E-state index is 12.0. The average Bonchev–Trinajstić information content (AvgIpc) is 2.56. The molecule has 0 spiro atoms. The van der Waals surface area contributed by atoms with Crippen molar-refractivity contribution in [3.05, 3.63) is 17.8 Å². The first-order valence-corrected chi connectivity index (χ1v) is 7.95. The summed E-state index contributed by atoms with van der Waals surface area (Å²) in [5, 5.41) is 14.0. The zero-order valence-electron chi connectivity index (χ0n) is 13.2. The highest BCUT2D eigenvalue weighted by atomic mass is 16.5. The van der Waals surface area contributed by atoms with Crippen LogP contribution in [0.5, 0.6) is 0 Å². The highest BCUT2D eigenvalue weighted by molar-refractivity contribution is 5.92. The van der Waals surface area contributed by atoms with Crippen LogP contribution in [0.1, 0.15) is 30.3 Å². The molecule has 7 nitrogen and oxygen atoms in total. The van der Waals surface area contributed by atoms with Crippen molar-refractivity contribution < 1.29 is 9.53 Å². The van der Waals surface area contributed by atoms with Gasteiger partial charge in [-0.2, -0.15) is 0 Å². The number of nitrogens with one attached hydrogen (secondary N) is 2. The molecule has 0 aliphatic carbocycles. The van der Waals surface area contributed by atoms with Crippen LogP contribution < -0.4 is 10.6 Å². The van der Waals surface area contributed by atoms with E-state index >= 15 is 0 Å². The Hall–Kier alpha value is -1.73. The van der Waals surface area contributed by atoms with Gasteiger partial charge in [0.25, 0.3) is 5.91 Å². The van der Waals surface area contributed by atoms with Gasteiger partial charge in [-0.15, -0.1) is 10.2 Å². The molecule has 0 radical (unpaired) electrons. The summed E-state index contributed by atoms with van der Waals surface area (Å²) in [7, 11) is 0. The summed E-state index contributed by atoms with van der Waals surface area (Å²) in [5.41, 5.74) is 0.350. The lowest BCUT2D eigenvalue weighted by atomic mass is 10.3. The van der Waals surface area contributed by atoms with Crippen LogP contribution in [0.3, 0.4) is 0 Å². The van der Waals surface area contributed by atoms with E-state index in [0.717, 1.165) is 52.2 Å². The zero-order chi connectivity index (χ0) is 15.6. The van der Waals surface area contributed by atoms with Gasteiger partial charge in [0.15, 0.2) is 5.69 Å². The van der Waals surface area contributed by atoms with E-state index in [2.05, 4.69) is 32.7 Å². The number of hydrogen-bond donors (Lipinski definition) is 2. The first-order valence-electron chi connectivity index (χ1n) is 7.95. The highest BCUT2D eigenvalue weighted by Gasteiger charge is 2.11. The van der Waals surface area contributed by atoms with Gasteiger partial charge < -0.3 is 15.4 Å². The summed E-state index contributed by atoms with van der Waals surface area (Å²) >= 11 is 0. The van der Waals surface area contributed by atoms with E-state index in [9.17, 15) is 4.79 Å². The molecule has 2 rings (SSSR count). The van der Waals surface area contributed by atoms with Gasteiger partial charge >= 0.3 is 0 Å². The minimum atomic E-state index is -0.180. The van der Waals surface area contributed by atoms with Crippen molar-refractivity contribution in [2.45, 2.75) is 19.8 Å². The molecule has 2 heterocycles. The molecule has 122 valence electrons. The smallest absolute Gasteiger partial charge is 0.271 e. The van der Waals surface area contributed by atoms with Crippen LogP contribution in [0.4, 0.5) is 5.82 Å². The Morgan fingerprint density at radius 1 is 1.27 bits per heavy atom. The van der Waals surface area contributed by atoms with Gasteiger partial charge in [-0.05, 0) is 18.6 Å². The Kier molecular flexibility index (Phi) is 7.05. The maximum atomic E-state index is 12.0. The lowest BCUT2D eigenvalue weighted by Gasteiger charge is -2.26. The molecule has 0 saturated carbocycles. The number of carbonyl (C=O) groups is 1. The van der Waals surface area contributed by atoms with Crippen LogP contribution in [0.25, 0.3) is 0 Å². The third kappa shape index (κ3) is 5.57. The largest absolute Gasteiger partial charge is 0.379 e. The number of ether oxygens (including phenoxy) is 1. The molecular formula is C15H25N5O2. The van der Waals surface area contributed by atoms with E-state index in [1.807, 2.05) is 0 Å². The van der Waals surface area contributed by atoms with E-state index in [4.69, 9.17) is 4.74 Å². The number of morpholine rings is 1. The average molecular weight is 307 g/mol. The summed E-state index contributed by atoms with van der Waals surface area (Å²) in [6.45, 7) is 7.84. The minimum absolute atomic E-state index is 0.180. The van der Waals surface area contributed by atoms with Crippen molar-refractivity contribution in [1.82, 2.24) is 20.4 Å². The van der Waals surface area contributed by atoms with Crippen molar-refractivity contribution >= 4 is 11.7 Å². The number of rotatable bonds is 8. The molecule has 1 aliphatic rings. The molecule has 1 amide bonds. The van der Waals surface area contributed by atoms with Crippen molar-refractivity contribution in [1.29, 1.82) is 0 Å². The Morgan fingerprint density at radius 2 is 2.09 bits per heavy atom. The highest BCUT2D eigenvalue weighted by Crippen LogP contribution is 2.02. The molecule has 1 saturated heterocycles. The topological polar surface area (TPSA) is 79.4 Å². The van der Waals surface area contributed by atoms with Crippen LogP contribution >= 0.6 is 0 Å². The molecule has 0 aromatic carbocycles. The molecule has 1 aromatic rings. The second-order valence-electron chi connectivity index (χ2n) is 5.29. The quantitative estimate of drug-likeness (QED) is 0.690. The molecule has 1 fully saturated rings. The monoisotopic (exact) mass is 307 g/mol. The van der Waals surface area contributed by atoms with Gasteiger partial charge in [-0.1, -0.05) is 13.3 Å². The second kappa shape index (κ2) is 9.32. The molecule has 7 heteroatoms. The van der Waals surface area contributed by atoms with E-state index < -0.39 is 0 Å². The van der Waals surface area contributed by atoms with Crippen molar-refractivity contribution in [3.63, 3.8) is 0 Å². The van der Waals surface area contributed by atoms with Crippen LogP contribution in [0, 0.1) is 0 Å². The molecule has 0 bridgehead atoms. The van der Waals surface area contributed by atoms with E-state index in [1.54, 1.807) is 12.1 Å². The number of aromatic nitrogens is 2. The van der Waals surface area contributed by atoms with Crippen molar-refractivity contribution in [3.8, 4) is 0 Å². The van der Waals surface area contributed by atoms with Crippen molar-refractivity contribution in [2.75, 3.05) is 51.3 Å². The number of amides is 1. The number of hydrogen-bond acceptors (Lipinski definition) is 6. The summed E-state index contributed by atoms with van der Waals surface area (Å²) in [5.74, 6) is 0.527. The first-order chi connectivity index (χ1) is 10.8. The minimum Gasteiger partial charge on any atom is -0.379 e. The van der Waals surface area contributed by atoms with Gasteiger partial charge in [0.1, 0.15) is 5.82 Å². The van der Waals surface area contributed by atoms with Crippen LogP contribution in [-0.2, 0) is 4.74 Å². The molecule has 1 aliphatic heterocycles. The second-order valence-corrected chi connectivity index (χ2v) is 5.29. The van der Waals surface area contributed by atoms with E-state index in [0.29, 0.717) is 18.1 Å². The number of carbonyl (C=O) groups excluding carboxylic acids is 1. The van der Waals surface area contributed by atoms with Crippen LogP contribution in [-0.4, -0.2) is 66.9 Å². The van der Waals surface area contributed by atoms with E-state index in [1.165, 1.54) is 0 Å². The van der Waals surface area contributed by atoms with Crippen molar-refractivity contribution in [2.24, 2.45) is 0 Å². The van der Waals surface area contributed by atoms with Gasteiger partial charge in [0.05, 0.1) is 13.2 Å². The Labute approximate surface area is 131 Å². The third-order valence-corrected chi connectivity index (χ3v) is 3.55. The van der Waals surface area contributed by atoms with Crippen LogP contribution in [0.15, 0.2) is 12.1 Å². The molecule has 0 unspecified atom stereocenters. The molecule has 0 atom stereocenters. The first kappa shape index (κ1) is 16.6. The summed E-state index contributed by atoms with van der Waals surface area (Å²) in [4.78, 5) is 14.3. The van der Waals surface area contributed by atoms with Gasteiger partial charge in [0, 0.05) is 32.7 Å². The Balaban J connectivity index is 1.70. The number of unbranched alkanes of at least 4 members (excludes halogenated alkanes) is 1. The predicted octanol–water partition coefficient (Wildman–Crippen LogP) is 0.751. The SMILES string of the molecule is CCCCNc1ccc(C(=O)NCCN2CCOCC2)nn1. The predicted molar refractivity (Wildman–Crippen MR) is 85.0 cm³/mol. The molecule has 1 aromatic heterocycles.